The molecule has 0 unspecified atom stereocenters. The lowest BCUT2D eigenvalue weighted by molar-refractivity contribution is -0.384. The first kappa shape index (κ1) is 12.6. The molecule has 94 valence electrons. The molecule has 2 N–H and O–H groups in total. The second kappa shape index (κ2) is 5.18. The molecule has 0 saturated carbocycles. The summed E-state index contributed by atoms with van der Waals surface area (Å²) in [6, 6.07) is 4.90. The average Bonchev–Trinajstić information content (AvgIpc) is 2.73. The Balaban J connectivity index is 2.16. The zero-order valence-corrected chi connectivity index (χ0v) is 11.2. The Morgan fingerprint density at radius 2 is 2.33 bits per heavy atom. The van der Waals surface area contributed by atoms with E-state index < -0.39 is 4.92 Å². The molecule has 0 aliphatic rings. The molecule has 0 bridgehead atoms. The first-order valence-electron chi connectivity index (χ1n) is 5.24. The van der Waals surface area contributed by atoms with Crippen molar-refractivity contribution in [1.29, 1.82) is 0 Å². The molecule has 0 amide bonds. The normalized spacial score (nSPS) is 10.3. The van der Waals surface area contributed by atoms with Crippen LogP contribution in [0.1, 0.15) is 11.5 Å². The Labute approximate surface area is 112 Å². The summed E-state index contributed by atoms with van der Waals surface area (Å²) < 4.78 is 0.678. The maximum atomic E-state index is 10.9. The van der Waals surface area contributed by atoms with Crippen LogP contribution < -0.4 is 5.32 Å². The summed E-state index contributed by atoms with van der Waals surface area (Å²) in [5.41, 5.74) is 1.40. The second-order valence-electron chi connectivity index (χ2n) is 3.77. The van der Waals surface area contributed by atoms with Gasteiger partial charge in [-0.3, -0.25) is 10.1 Å². The van der Waals surface area contributed by atoms with E-state index in [0.717, 1.165) is 11.5 Å². The molecule has 2 rings (SSSR count). The quantitative estimate of drug-likeness (QED) is 0.671. The third-order valence-corrected chi connectivity index (χ3v) is 2.87. The molecule has 0 spiro atoms. The minimum absolute atomic E-state index is 0.0422. The molecule has 1 aromatic carbocycles. The molecule has 18 heavy (non-hydrogen) atoms. The number of imidazole rings is 1. The third kappa shape index (κ3) is 2.86. The van der Waals surface area contributed by atoms with Crippen LogP contribution in [0.5, 0.6) is 0 Å². The summed E-state index contributed by atoms with van der Waals surface area (Å²) in [5, 5.41) is 13.9. The number of aryl methyl sites for hydroxylation is 1. The summed E-state index contributed by atoms with van der Waals surface area (Å²) in [7, 11) is 0. The van der Waals surface area contributed by atoms with Crippen molar-refractivity contribution < 1.29 is 4.92 Å². The van der Waals surface area contributed by atoms with E-state index in [4.69, 9.17) is 0 Å². The molecule has 1 aromatic heterocycles. The van der Waals surface area contributed by atoms with Gasteiger partial charge >= 0.3 is 0 Å². The molecule has 0 fully saturated rings. The van der Waals surface area contributed by atoms with E-state index in [9.17, 15) is 10.1 Å². The van der Waals surface area contributed by atoms with Gasteiger partial charge in [0.05, 0.1) is 23.4 Å². The fraction of sp³-hybridized carbons (Fsp3) is 0.182. The topological polar surface area (TPSA) is 83.8 Å². The van der Waals surface area contributed by atoms with Crippen LogP contribution in [0.3, 0.4) is 0 Å². The monoisotopic (exact) mass is 310 g/mol. The van der Waals surface area contributed by atoms with Crippen molar-refractivity contribution >= 4 is 27.3 Å². The molecule has 0 aliphatic heterocycles. The van der Waals surface area contributed by atoms with E-state index in [2.05, 4.69) is 31.2 Å². The Morgan fingerprint density at radius 3 is 2.94 bits per heavy atom. The van der Waals surface area contributed by atoms with Crippen LogP contribution in [0.2, 0.25) is 0 Å². The lowest BCUT2D eigenvalue weighted by Crippen LogP contribution is -2.03. The standard InChI is InChI=1S/C11H11BrN4O2/c1-7-13-5-9(15-7)6-14-10-3-2-8(12)4-11(10)16(17)18/h2-5,14H,6H2,1H3,(H,13,15). The van der Waals surface area contributed by atoms with E-state index >= 15 is 0 Å². The molecule has 0 atom stereocenters. The molecule has 0 aliphatic carbocycles. The Bertz CT molecular complexity index is 582. The van der Waals surface area contributed by atoms with Gasteiger partial charge in [0.25, 0.3) is 5.69 Å². The first-order chi connectivity index (χ1) is 8.56. The molecule has 7 heteroatoms. The van der Waals surface area contributed by atoms with Gasteiger partial charge in [0, 0.05) is 10.5 Å². The van der Waals surface area contributed by atoms with Gasteiger partial charge in [0.15, 0.2) is 0 Å². The van der Waals surface area contributed by atoms with E-state index in [1.54, 1.807) is 18.3 Å². The number of halogens is 1. The van der Waals surface area contributed by atoms with Gasteiger partial charge in [0.2, 0.25) is 0 Å². The Kier molecular flexibility index (Phi) is 3.61. The average molecular weight is 311 g/mol. The number of anilines is 1. The number of nitrogens with zero attached hydrogens (tertiary/aromatic N) is 2. The highest BCUT2D eigenvalue weighted by Gasteiger charge is 2.13. The smallest absolute Gasteiger partial charge is 0.293 e. The SMILES string of the molecule is Cc1ncc(CNc2ccc(Br)cc2[N+](=O)[O-])[nH]1. The molecular formula is C11H11BrN4O2. The third-order valence-electron chi connectivity index (χ3n) is 2.38. The van der Waals surface area contributed by atoms with Gasteiger partial charge in [-0.05, 0) is 19.1 Å². The molecule has 1 heterocycles. The Morgan fingerprint density at radius 1 is 1.56 bits per heavy atom. The summed E-state index contributed by atoms with van der Waals surface area (Å²) >= 11 is 3.22. The number of aromatic amines is 1. The van der Waals surface area contributed by atoms with E-state index in [1.807, 2.05) is 6.92 Å². The van der Waals surface area contributed by atoms with E-state index in [-0.39, 0.29) is 5.69 Å². The lowest BCUT2D eigenvalue weighted by Gasteiger charge is -2.06. The molecule has 6 nitrogen and oxygen atoms in total. The largest absolute Gasteiger partial charge is 0.374 e. The van der Waals surface area contributed by atoms with Crippen LogP contribution in [0.25, 0.3) is 0 Å². The number of H-pyrrole nitrogens is 1. The minimum atomic E-state index is -0.411. The maximum Gasteiger partial charge on any atom is 0.293 e. The number of nitrogens with one attached hydrogen (secondary N) is 2. The van der Waals surface area contributed by atoms with Gasteiger partial charge in [-0.15, -0.1) is 0 Å². The van der Waals surface area contributed by atoms with Gasteiger partial charge < -0.3 is 10.3 Å². The van der Waals surface area contributed by atoms with Crippen molar-refractivity contribution in [3.63, 3.8) is 0 Å². The Hall–Kier alpha value is -1.89. The van der Waals surface area contributed by atoms with Crippen molar-refractivity contribution in [2.24, 2.45) is 0 Å². The number of nitro groups is 1. The van der Waals surface area contributed by atoms with Crippen LogP contribution >= 0.6 is 15.9 Å². The highest BCUT2D eigenvalue weighted by atomic mass is 79.9. The number of benzene rings is 1. The zero-order chi connectivity index (χ0) is 13.1. The van der Waals surface area contributed by atoms with Crippen LogP contribution in [0.4, 0.5) is 11.4 Å². The highest BCUT2D eigenvalue weighted by molar-refractivity contribution is 9.10. The van der Waals surface area contributed by atoms with Crippen molar-refractivity contribution in [2.45, 2.75) is 13.5 Å². The fourth-order valence-corrected chi connectivity index (χ4v) is 1.91. The molecule has 0 saturated heterocycles. The van der Waals surface area contributed by atoms with E-state index in [1.165, 1.54) is 6.07 Å². The van der Waals surface area contributed by atoms with Crippen LogP contribution in [-0.4, -0.2) is 14.9 Å². The van der Waals surface area contributed by atoms with Crippen LogP contribution in [0, 0.1) is 17.0 Å². The summed E-state index contributed by atoms with van der Waals surface area (Å²) in [5.74, 6) is 0.817. The molecule has 0 radical (unpaired) electrons. The van der Waals surface area contributed by atoms with Gasteiger partial charge in [-0.2, -0.15) is 0 Å². The number of aromatic nitrogens is 2. The highest BCUT2D eigenvalue weighted by Crippen LogP contribution is 2.28. The van der Waals surface area contributed by atoms with E-state index in [0.29, 0.717) is 16.7 Å². The fourth-order valence-electron chi connectivity index (χ4n) is 1.56. The van der Waals surface area contributed by atoms with Crippen molar-refractivity contribution in [2.75, 3.05) is 5.32 Å². The number of nitro benzene ring substituents is 1. The van der Waals surface area contributed by atoms with Crippen LogP contribution in [-0.2, 0) is 6.54 Å². The predicted molar refractivity (Wildman–Crippen MR) is 71.4 cm³/mol. The van der Waals surface area contributed by atoms with Crippen molar-refractivity contribution in [3.8, 4) is 0 Å². The zero-order valence-electron chi connectivity index (χ0n) is 9.61. The van der Waals surface area contributed by atoms with Crippen molar-refractivity contribution in [3.05, 3.63) is 50.5 Å². The lowest BCUT2D eigenvalue weighted by atomic mass is 10.2. The van der Waals surface area contributed by atoms with Gasteiger partial charge in [-0.25, -0.2) is 4.98 Å². The number of hydrogen-bond donors (Lipinski definition) is 2. The van der Waals surface area contributed by atoms with Gasteiger partial charge in [0.1, 0.15) is 11.5 Å². The predicted octanol–water partition coefficient (Wildman–Crippen LogP) is 3.00. The van der Waals surface area contributed by atoms with Gasteiger partial charge in [-0.1, -0.05) is 15.9 Å². The summed E-state index contributed by atoms with van der Waals surface area (Å²) in [6.07, 6.45) is 1.70. The first-order valence-corrected chi connectivity index (χ1v) is 6.04. The minimum Gasteiger partial charge on any atom is -0.374 e. The number of hydrogen-bond acceptors (Lipinski definition) is 4. The summed E-state index contributed by atoms with van der Waals surface area (Å²) in [4.78, 5) is 17.6. The maximum absolute atomic E-state index is 10.9. The summed E-state index contributed by atoms with van der Waals surface area (Å²) in [6.45, 7) is 2.31. The second-order valence-corrected chi connectivity index (χ2v) is 4.68. The molecular weight excluding hydrogens is 300 g/mol. The molecule has 2 aromatic rings. The number of rotatable bonds is 4. The van der Waals surface area contributed by atoms with Crippen LogP contribution in [0.15, 0.2) is 28.9 Å². The van der Waals surface area contributed by atoms with Crippen molar-refractivity contribution in [1.82, 2.24) is 9.97 Å².